The summed E-state index contributed by atoms with van der Waals surface area (Å²) >= 11 is 0. The lowest BCUT2D eigenvalue weighted by Crippen LogP contribution is -2.33. The Hall–Kier alpha value is -4.26. The Kier molecular flexibility index (Phi) is 6.27. The van der Waals surface area contributed by atoms with Gasteiger partial charge in [-0.05, 0) is 56.2 Å². The fourth-order valence-electron chi connectivity index (χ4n) is 3.94. The van der Waals surface area contributed by atoms with Gasteiger partial charge in [-0.15, -0.1) is 0 Å². The van der Waals surface area contributed by atoms with E-state index in [0.29, 0.717) is 28.0 Å². The molecule has 0 aliphatic rings. The maximum Gasteiger partial charge on any atom is 0.278 e. The van der Waals surface area contributed by atoms with Crippen molar-refractivity contribution in [2.24, 2.45) is 0 Å². The minimum Gasteiger partial charge on any atom is -0.326 e. The average Bonchev–Trinajstić information content (AvgIpc) is 2.81. The van der Waals surface area contributed by atoms with E-state index in [-0.39, 0.29) is 17.5 Å². The van der Waals surface area contributed by atoms with E-state index in [1.807, 2.05) is 38.1 Å². The van der Waals surface area contributed by atoms with Crippen LogP contribution in [0.3, 0.4) is 0 Å². The molecule has 34 heavy (non-hydrogen) atoms. The van der Waals surface area contributed by atoms with Crippen LogP contribution in [0.1, 0.15) is 31.0 Å². The highest BCUT2D eigenvalue weighted by atomic mass is 16.2. The lowest BCUT2D eigenvalue weighted by Gasteiger charge is -2.20. The Morgan fingerprint density at radius 1 is 0.882 bits per heavy atom. The molecule has 1 atom stereocenters. The zero-order valence-electron chi connectivity index (χ0n) is 19.5. The fourth-order valence-corrected chi connectivity index (χ4v) is 3.94. The molecule has 0 spiro atoms. The molecule has 7 heteroatoms. The van der Waals surface area contributed by atoms with Gasteiger partial charge in [0.1, 0.15) is 11.7 Å². The predicted molar refractivity (Wildman–Crippen MR) is 135 cm³/mol. The van der Waals surface area contributed by atoms with Crippen molar-refractivity contribution >= 4 is 34.2 Å². The van der Waals surface area contributed by atoms with E-state index in [9.17, 15) is 14.4 Å². The molecule has 0 fully saturated rings. The molecule has 0 saturated carbocycles. The van der Waals surface area contributed by atoms with Gasteiger partial charge in [0.15, 0.2) is 0 Å². The summed E-state index contributed by atoms with van der Waals surface area (Å²) in [5, 5.41) is 5.72. The van der Waals surface area contributed by atoms with Crippen LogP contribution in [0.25, 0.3) is 22.3 Å². The second kappa shape index (κ2) is 9.31. The summed E-state index contributed by atoms with van der Waals surface area (Å²) < 4.78 is 1.46. The maximum atomic E-state index is 13.7. The molecule has 2 amide bonds. The molecule has 1 aromatic heterocycles. The van der Waals surface area contributed by atoms with E-state index in [1.54, 1.807) is 49.4 Å². The molecule has 3 aromatic carbocycles. The highest BCUT2D eigenvalue weighted by molar-refractivity contribution is 5.96. The van der Waals surface area contributed by atoms with Crippen LogP contribution in [-0.4, -0.2) is 21.4 Å². The van der Waals surface area contributed by atoms with Gasteiger partial charge in [0.05, 0.1) is 16.7 Å². The molecule has 2 N–H and O–H groups in total. The number of hydrogen-bond donors (Lipinski definition) is 2. The van der Waals surface area contributed by atoms with Crippen molar-refractivity contribution < 1.29 is 9.59 Å². The highest BCUT2D eigenvalue weighted by Gasteiger charge is 2.23. The largest absolute Gasteiger partial charge is 0.326 e. The second-order valence-electron chi connectivity index (χ2n) is 8.26. The van der Waals surface area contributed by atoms with Crippen molar-refractivity contribution in [3.8, 4) is 11.3 Å². The predicted octanol–water partition coefficient (Wildman–Crippen LogP) is 4.84. The van der Waals surface area contributed by atoms with Gasteiger partial charge < -0.3 is 10.6 Å². The van der Waals surface area contributed by atoms with E-state index in [1.165, 1.54) is 11.5 Å². The molecule has 0 bridgehead atoms. The number of nitrogens with zero attached hydrogens (tertiary/aromatic N) is 2. The van der Waals surface area contributed by atoms with Crippen molar-refractivity contribution in [1.82, 2.24) is 9.55 Å². The Bertz CT molecular complexity index is 1470. The number of anilines is 2. The van der Waals surface area contributed by atoms with Crippen molar-refractivity contribution in [3.63, 3.8) is 0 Å². The van der Waals surface area contributed by atoms with Crippen molar-refractivity contribution in [3.05, 3.63) is 88.2 Å². The van der Waals surface area contributed by atoms with Crippen LogP contribution in [0, 0.1) is 13.8 Å². The lowest BCUT2D eigenvalue weighted by molar-refractivity contribution is -0.118. The minimum absolute atomic E-state index is 0.162. The summed E-state index contributed by atoms with van der Waals surface area (Å²) in [5.41, 5.74) is 4.58. The Morgan fingerprint density at radius 2 is 1.56 bits per heavy atom. The van der Waals surface area contributed by atoms with Crippen LogP contribution < -0.4 is 16.2 Å². The number of hydrogen-bond acceptors (Lipinski definition) is 4. The van der Waals surface area contributed by atoms with Gasteiger partial charge in [0, 0.05) is 18.2 Å². The van der Waals surface area contributed by atoms with Crippen molar-refractivity contribution in [2.75, 3.05) is 10.6 Å². The summed E-state index contributed by atoms with van der Waals surface area (Å²) in [6.07, 6.45) is 0. The summed E-state index contributed by atoms with van der Waals surface area (Å²) in [6.45, 7) is 7.02. The number of para-hydroxylation sites is 3. The molecule has 0 saturated heterocycles. The van der Waals surface area contributed by atoms with Crippen molar-refractivity contribution in [2.45, 2.75) is 33.7 Å². The smallest absolute Gasteiger partial charge is 0.278 e. The normalized spacial score (nSPS) is 11.8. The first kappa shape index (κ1) is 22.9. The van der Waals surface area contributed by atoms with E-state index >= 15 is 0 Å². The van der Waals surface area contributed by atoms with E-state index in [0.717, 1.165) is 11.1 Å². The summed E-state index contributed by atoms with van der Waals surface area (Å²) in [7, 11) is 0. The number of carbonyl (C=O) groups is 2. The molecule has 1 unspecified atom stereocenters. The highest BCUT2D eigenvalue weighted by Crippen LogP contribution is 2.27. The first-order chi connectivity index (χ1) is 16.3. The molecule has 4 rings (SSSR count). The molecule has 0 aliphatic carbocycles. The van der Waals surface area contributed by atoms with Crippen LogP contribution in [0.5, 0.6) is 0 Å². The number of amides is 2. The quantitative estimate of drug-likeness (QED) is 0.451. The number of nitrogens with one attached hydrogen (secondary N) is 2. The molecule has 0 aliphatic heterocycles. The third-order valence-corrected chi connectivity index (χ3v) is 5.92. The lowest BCUT2D eigenvalue weighted by atomic mass is 10.1. The molecule has 4 aromatic rings. The number of aryl methyl sites for hydroxylation is 1. The van der Waals surface area contributed by atoms with Gasteiger partial charge in [-0.1, -0.05) is 42.5 Å². The summed E-state index contributed by atoms with van der Waals surface area (Å²) in [4.78, 5) is 43.4. The van der Waals surface area contributed by atoms with Crippen LogP contribution >= 0.6 is 0 Å². The molecular weight excluding hydrogens is 428 g/mol. The number of carbonyl (C=O) groups excluding carboxylic acids is 2. The molecule has 7 nitrogen and oxygen atoms in total. The van der Waals surface area contributed by atoms with Gasteiger partial charge in [-0.3, -0.25) is 19.0 Å². The van der Waals surface area contributed by atoms with Crippen molar-refractivity contribution in [1.29, 1.82) is 0 Å². The standard InChI is InChI=1S/C27H26N4O3/c1-16-10-9-14-21(17(16)2)30-26(33)18(3)31-24-15-8-7-13-23(24)29-25(27(31)34)20-11-5-6-12-22(20)28-19(4)32/h5-15,18H,1-4H3,(H,28,32)(H,30,33). The molecule has 1 heterocycles. The number of fused-ring (bicyclic) bond motifs is 1. The Morgan fingerprint density at radius 3 is 2.32 bits per heavy atom. The third kappa shape index (κ3) is 4.32. The van der Waals surface area contributed by atoms with Gasteiger partial charge in [-0.25, -0.2) is 4.98 Å². The van der Waals surface area contributed by atoms with Crippen LogP contribution in [-0.2, 0) is 9.59 Å². The SMILES string of the molecule is CC(=O)Nc1ccccc1-c1nc2ccccc2n(C(C)C(=O)Nc2cccc(C)c2C)c1=O. The Labute approximate surface area is 197 Å². The van der Waals surface area contributed by atoms with Gasteiger partial charge in [0.25, 0.3) is 5.56 Å². The van der Waals surface area contributed by atoms with E-state index in [4.69, 9.17) is 0 Å². The topological polar surface area (TPSA) is 93.1 Å². The van der Waals surface area contributed by atoms with Crippen LogP contribution in [0.2, 0.25) is 0 Å². The number of rotatable bonds is 5. The second-order valence-corrected chi connectivity index (χ2v) is 8.26. The van der Waals surface area contributed by atoms with Gasteiger partial charge >= 0.3 is 0 Å². The van der Waals surface area contributed by atoms with E-state index < -0.39 is 11.6 Å². The summed E-state index contributed by atoms with van der Waals surface area (Å²) in [5.74, 6) is -0.567. The van der Waals surface area contributed by atoms with Gasteiger partial charge in [0.2, 0.25) is 11.8 Å². The first-order valence-electron chi connectivity index (χ1n) is 11.0. The number of aromatic nitrogens is 2. The van der Waals surface area contributed by atoms with Crippen LogP contribution in [0.4, 0.5) is 11.4 Å². The van der Waals surface area contributed by atoms with Gasteiger partial charge in [-0.2, -0.15) is 0 Å². The third-order valence-electron chi connectivity index (χ3n) is 5.92. The molecule has 172 valence electrons. The zero-order valence-corrected chi connectivity index (χ0v) is 19.5. The molecule has 0 radical (unpaired) electrons. The average molecular weight is 455 g/mol. The number of benzene rings is 3. The minimum atomic E-state index is -0.813. The summed E-state index contributed by atoms with van der Waals surface area (Å²) in [6, 6.07) is 19.1. The van der Waals surface area contributed by atoms with Crippen LogP contribution in [0.15, 0.2) is 71.5 Å². The molecular formula is C27H26N4O3. The maximum absolute atomic E-state index is 13.7. The monoisotopic (exact) mass is 454 g/mol. The zero-order chi connectivity index (χ0) is 24.4. The Balaban J connectivity index is 1.86. The van der Waals surface area contributed by atoms with E-state index in [2.05, 4.69) is 15.6 Å². The first-order valence-corrected chi connectivity index (χ1v) is 11.0. The fraction of sp³-hybridized carbons (Fsp3) is 0.185.